The van der Waals surface area contributed by atoms with Gasteiger partial charge in [0.15, 0.2) is 0 Å². The van der Waals surface area contributed by atoms with E-state index in [0.29, 0.717) is 11.3 Å². The van der Waals surface area contributed by atoms with Crippen molar-refractivity contribution >= 4 is 16.7 Å². The highest BCUT2D eigenvalue weighted by Crippen LogP contribution is 2.48. The molecule has 4 heteroatoms. The number of allylic oxidation sites excluding steroid dienone is 1. The molecular formula is C23H20O4. The maximum atomic E-state index is 12.7. The average molecular weight is 360 g/mol. The lowest BCUT2D eigenvalue weighted by Gasteiger charge is -2.30. The van der Waals surface area contributed by atoms with Crippen molar-refractivity contribution in [1.29, 1.82) is 0 Å². The van der Waals surface area contributed by atoms with Gasteiger partial charge in [0, 0.05) is 11.1 Å². The summed E-state index contributed by atoms with van der Waals surface area (Å²) in [7, 11) is 3.02. The van der Waals surface area contributed by atoms with Gasteiger partial charge >= 0.3 is 5.97 Å². The average Bonchev–Trinajstić information content (AvgIpc) is 2.72. The summed E-state index contributed by atoms with van der Waals surface area (Å²) in [5, 5.41) is 2.13. The summed E-state index contributed by atoms with van der Waals surface area (Å²) >= 11 is 0. The number of rotatable bonds is 3. The molecule has 0 amide bonds. The van der Waals surface area contributed by atoms with Crippen LogP contribution in [0.1, 0.15) is 24.0 Å². The van der Waals surface area contributed by atoms with Crippen molar-refractivity contribution in [3.05, 3.63) is 83.1 Å². The SMILES string of the molecule is COC(=O)C1=C(C)Oc2ccc3ccccc3c2C1c1ccccc1OC. The van der Waals surface area contributed by atoms with Crippen molar-refractivity contribution in [2.75, 3.05) is 14.2 Å². The van der Waals surface area contributed by atoms with E-state index in [1.165, 1.54) is 7.11 Å². The Morgan fingerprint density at radius 2 is 1.70 bits per heavy atom. The highest BCUT2D eigenvalue weighted by atomic mass is 16.5. The molecule has 0 aliphatic carbocycles. The number of para-hydroxylation sites is 1. The third-order valence-electron chi connectivity index (χ3n) is 5.01. The number of esters is 1. The van der Waals surface area contributed by atoms with Gasteiger partial charge < -0.3 is 14.2 Å². The van der Waals surface area contributed by atoms with Crippen molar-refractivity contribution in [3.8, 4) is 11.5 Å². The van der Waals surface area contributed by atoms with E-state index >= 15 is 0 Å². The lowest BCUT2D eigenvalue weighted by Crippen LogP contribution is -2.23. The van der Waals surface area contributed by atoms with Gasteiger partial charge in [-0.3, -0.25) is 0 Å². The molecule has 4 nitrogen and oxygen atoms in total. The van der Waals surface area contributed by atoms with Gasteiger partial charge in [0.25, 0.3) is 0 Å². The molecule has 0 bridgehead atoms. The van der Waals surface area contributed by atoms with E-state index in [-0.39, 0.29) is 5.92 Å². The molecule has 1 aliphatic heterocycles. The lowest BCUT2D eigenvalue weighted by molar-refractivity contribution is -0.136. The van der Waals surface area contributed by atoms with Crippen molar-refractivity contribution in [2.45, 2.75) is 12.8 Å². The second kappa shape index (κ2) is 6.80. The molecule has 136 valence electrons. The Morgan fingerprint density at radius 3 is 2.48 bits per heavy atom. The second-order valence-electron chi connectivity index (χ2n) is 6.44. The number of carbonyl (C=O) groups excluding carboxylic acids is 1. The van der Waals surface area contributed by atoms with Crippen LogP contribution in [0.2, 0.25) is 0 Å². The van der Waals surface area contributed by atoms with E-state index < -0.39 is 5.97 Å². The maximum Gasteiger partial charge on any atom is 0.338 e. The largest absolute Gasteiger partial charge is 0.496 e. The summed E-state index contributed by atoms with van der Waals surface area (Å²) in [5.41, 5.74) is 2.34. The molecule has 27 heavy (non-hydrogen) atoms. The van der Waals surface area contributed by atoms with Gasteiger partial charge in [-0.05, 0) is 29.8 Å². The first kappa shape index (κ1) is 17.2. The molecule has 1 atom stereocenters. The van der Waals surface area contributed by atoms with Crippen LogP contribution in [-0.4, -0.2) is 20.2 Å². The number of carbonyl (C=O) groups is 1. The summed E-state index contributed by atoms with van der Waals surface area (Å²) in [6, 6.07) is 19.8. The Bertz CT molecular complexity index is 1060. The zero-order valence-electron chi connectivity index (χ0n) is 15.5. The minimum absolute atomic E-state index is 0.344. The first-order valence-electron chi connectivity index (χ1n) is 8.77. The fraction of sp³-hybridized carbons (Fsp3) is 0.174. The second-order valence-corrected chi connectivity index (χ2v) is 6.44. The van der Waals surface area contributed by atoms with Gasteiger partial charge in [0.1, 0.15) is 17.3 Å². The van der Waals surface area contributed by atoms with Gasteiger partial charge in [-0.15, -0.1) is 0 Å². The molecule has 0 fully saturated rings. The molecule has 0 saturated heterocycles. The minimum Gasteiger partial charge on any atom is -0.496 e. The first-order valence-corrected chi connectivity index (χ1v) is 8.77. The fourth-order valence-electron chi connectivity index (χ4n) is 3.82. The first-order chi connectivity index (χ1) is 13.2. The zero-order valence-corrected chi connectivity index (χ0v) is 15.5. The Hall–Kier alpha value is -3.27. The number of hydrogen-bond donors (Lipinski definition) is 0. The van der Waals surface area contributed by atoms with Crippen LogP contribution in [0.15, 0.2) is 72.0 Å². The van der Waals surface area contributed by atoms with E-state index in [4.69, 9.17) is 14.2 Å². The monoisotopic (exact) mass is 360 g/mol. The molecule has 0 aromatic heterocycles. The van der Waals surface area contributed by atoms with E-state index in [9.17, 15) is 4.79 Å². The highest BCUT2D eigenvalue weighted by molar-refractivity contribution is 5.97. The van der Waals surface area contributed by atoms with Crippen molar-refractivity contribution in [2.24, 2.45) is 0 Å². The predicted molar refractivity (Wildman–Crippen MR) is 104 cm³/mol. The van der Waals surface area contributed by atoms with Crippen LogP contribution < -0.4 is 9.47 Å². The van der Waals surface area contributed by atoms with E-state index in [0.717, 1.165) is 33.4 Å². The molecule has 0 radical (unpaired) electrons. The normalized spacial score (nSPS) is 15.9. The van der Waals surface area contributed by atoms with Crippen LogP contribution in [0.4, 0.5) is 0 Å². The topological polar surface area (TPSA) is 44.8 Å². The van der Waals surface area contributed by atoms with Crippen LogP contribution >= 0.6 is 0 Å². The van der Waals surface area contributed by atoms with Gasteiger partial charge in [0.2, 0.25) is 0 Å². The molecule has 0 saturated carbocycles. The number of ether oxygens (including phenoxy) is 3. The van der Waals surface area contributed by atoms with Crippen molar-refractivity contribution in [3.63, 3.8) is 0 Å². The van der Waals surface area contributed by atoms with Gasteiger partial charge in [0.05, 0.1) is 25.7 Å². The molecule has 3 aromatic rings. The van der Waals surface area contributed by atoms with Crippen molar-refractivity contribution in [1.82, 2.24) is 0 Å². The zero-order chi connectivity index (χ0) is 19.0. The Balaban J connectivity index is 2.08. The molecule has 4 rings (SSSR count). The van der Waals surface area contributed by atoms with Gasteiger partial charge in [-0.25, -0.2) is 4.79 Å². The highest BCUT2D eigenvalue weighted by Gasteiger charge is 2.37. The summed E-state index contributed by atoms with van der Waals surface area (Å²) in [4.78, 5) is 12.7. The maximum absolute atomic E-state index is 12.7. The van der Waals surface area contributed by atoms with E-state index in [1.54, 1.807) is 14.0 Å². The van der Waals surface area contributed by atoms with Gasteiger partial charge in [-0.1, -0.05) is 48.5 Å². The third kappa shape index (κ3) is 2.74. The number of hydrogen-bond acceptors (Lipinski definition) is 4. The van der Waals surface area contributed by atoms with Crippen LogP contribution in [0.5, 0.6) is 11.5 Å². The molecule has 1 aliphatic rings. The van der Waals surface area contributed by atoms with Crippen LogP contribution in [0, 0.1) is 0 Å². The van der Waals surface area contributed by atoms with E-state index in [2.05, 4.69) is 12.1 Å². The van der Waals surface area contributed by atoms with Crippen LogP contribution in [0.25, 0.3) is 10.8 Å². The fourth-order valence-corrected chi connectivity index (χ4v) is 3.82. The molecular weight excluding hydrogens is 340 g/mol. The molecule has 1 heterocycles. The smallest absolute Gasteiger partial charge is 0.338 e. The molecule has 0 spiro atoms. The molecule has 1 unspecified atom stereocenters. The summed E-state index contributed by atoms with van der Waals surface area (Å²) in [6.45, 7) is 1.80. The van der Waals surface area contributed by atoms with Crippen molar-refractivity contribution < 1.29 is 19.0 Å². The number of benzene rings is 3. The van der Waals surface area contributed by atoms with Crippen LogP contribution in [0.3, 0.4) is 0 Å². The number of fused-ring (bicyclic) bond motifs is 3. The summed E-state index contributed by atoms with van der Waals surface area (Å²) in [6.07, 6.45) is 0. The molecule has 3 aromatic carbocycles. The number of methoxy groups -OCH3 is 2. The Labute approximate surface area is 158 Å². The standard InChI is InChI=1S/C23H20O4/c1-14-20(23(24)26-3)22(17-10-6-7-11-18(17)25-2)21-16-9-5-4-8-15(16)12-13-19(21)27-14/h4-13,22H,1-3H3. The molecule has 0 N–H and O–H groups in total. The summed E-state index contributed by atoms with van der Waals surface area (Å²) < 4.78 is 16.7. The lowest BCUT2D eigenvalue weighted by atomic mass is 9.79. The quantitative estimate of drug-likeness (QED) is 0.628. The third-order valence-corrected chi connectivity index (χ3v) is 5.01. The Morgan fingerprint density at radius 1 is 0.963 bits per heavy atom. The van der Waals surface area contributed by atoms with Gasteiger partial charge in [-0.2, -0.15) is 0 Å². The summed E-state index contributed by atoms with van der Waals surface area (Å²) in [5.74, 6) is 1.26. The van der Waals surface area contributed by atoms with Crippen LogP contribution in [-0.2, 0) is 9.53 Å². The Kier molecular flexibility index (Phi) is 4.32. The predicted octanol–water partition coefficient (Wildman–Crippen LogP) is 4.82. The minimum atomic E-state index is -0.401. The van der Waals surface area contributed by atoms with E-state index in [1.807, 2.05) is 48.5 Å².